The van der Waals surface area contributed by atoms with Crippen LogP contribution in [0.15, 0.2) is 0 Å². The SMILES string of the molecule is CCOC(C)(C)CCCCC(=O)C(C)(C)C. The fraction of sp³-hybridized carbons (Fsp3) is 0.929. The molecule has 0 aliphatic rings. The maximum absolute atomic E-state index is 11.7. The smallest absolute Gasteiger partial charge is 0.138 e. The summed E-state index contributed by atoms with van der Waals surface area (Å²) in [7, 11) is 0. The lowest BCUT2D eigenvalue weighted by atomic mass is 9.87. The number of hydrogen-bond donors (Lipinski definition) is 0. The fourth-order valence-electron chi connectivity index (χ4n) is 1.67. The van der Waals surface area contributed by atoms with Crippen molar-refractivity contribution < 1.29 is 9.53 Å². The molecular weight excluding hydrogens is 200 g/mol. The van der Waals surface area contributed by atoms with Crippen molar-refractivity contribution in [2.45, 2.75) is 72.8 Å². The van der Waals surface area contributed by atoms with Gasteiger partial charge in [-0.2, -0.15) is 0 Å². The van der Waals surface area contributed by atoms with E-state index in [4.69, 9.17) is 4.74 Å². The Morgan fingerprint density at radius 3 is 2.06 bits per heavy atom. The van der Waals surface area contributed by atoms with Crippen molar-refractivity contribution in [2.24, 2.45) is 5.41 Å². The average molecular weight is 228 g/mol. The summed E-state index contributed by atoms with van der Waals surface area (Å²) >= 11 is 0. The summed E-state index contributed by atoms with van der Waals surface area (Å²) in [6, 6.07) is 0. The van der Waals surface area contributed by atoms with Gasteiger partial charge in [-0.25, -0.2) is 0 Å². The summed E-state index contributed by atoms with van der Waals surface area (Å²) in [5, 5.41) is 0. The minimum absolute atomic E-state index is 0.0421. The molecule has 96 valence electrons. The first-order valence-electron chi connectivity index (χ1n) is 6.36. The largest absolute Gasteiger partial charge is 0.376 e. The maximum Gasteiger partial charge on any atom is 0.138 e. The Morgan fingerprint density at radius 1 is 1.06 bits per heavy atom. The lowest BCUT2D eigenvalue weighted by molar-refractivity contribution is -0.126. The van der Waals surface area contributed by atoms with Gasteiger partial charge in [0.2, 0.25) is 0 Å². The minimum atomic E-state index is -0.185. The molecule has 0 aliphatic heterocycles. The standard InChI is InChI=1S/C14H28O2/c1-7-16-14(5,6)11-9-8-10-12(15)13(2,3)4/h7-11H2,1-6H3. The third-order valence-corrected chi connectivity index (χ3v) is 2.80. The molecule has 0 aromatic carbocycles. The van der Waals surface area contributed by atoms with Crippen molar-refractivity contribution in [3.05, 3.63) is 0 Å². The lowest BCUT2D eigenvalue weighted by Gasteiger charge is -2.24. The van der Waals surface area contributed by atoms with Crippen LogP contribution in [0.2, 0.25) is 0 Å². The molecule has 2 nitrogen and oxygen atoms in total. The molecule has 0 bridgehead atoms. The van der Waals surface area contributed by atoms with Crippen LogP contribution in [0.3, 0.4) is 0 Å². The summed E-state index contributed by atoms with van der Waals surface area (Å²) in [5.41, 5.74) is -0.227. The second-order valence-electron chi connectivity index (χ2n) is 6.07. The number of unbranched alkanes of at least 4 members (excludes halogenated alkanes) is 1. The second-order valence-corrected chi connectivity index (χ2v) is 6.07. The minimum Gasteiger partial charge on any atom is -0.376 e. The summed E-state index contributed by atoms with van der Waals surface area (Å²) in [6.07, 6.45) is 3.77. The van der Waals surface area contributed by atoms with Crippen LogP contribution in [0.5, 0.6) is 0 Å². The molecule has 0 saturated carbocycles. The summed E-state index contributed by atoms with van der Waals surface area (Å²) in [5.74, 6) is 0.363. The lowest BCUT2D eigenvalue weighted by Crippen LogP contribution is -2.24. The van der Waals surface area contributed by atoms with E-state index in [0.29, 0.717) is 12.2 Å². The van der Waals surface area contributed by atoms with Crippen molar-refractivity contribution >= 4 is 5.78 Å². The third kappa shape index (κ3) is 7.00. The van der Waals surface area contributed by atoms with Crippen LogP contribution in [0.1, 0.15) is 67.2 Å². The number of ether oxygens (including phenoxy) is 1. The first kappa shape index (κ1) is 15.6. The van der Waals surface area contributed by atoms with Gasteiger partial charge in [-0.1, -0.05) is 27.2 Å². The van der Waals surface area contributed by atoms with Gasteiger partial charge in [0.1, 0.15) is 5.78 Å². The van der Waals surface area contributed by atoms with Crippen molar-refractivity contribution in [3.63, 3.8) is 0 Å². The predicted molar refractivity (Wildman–Crippen MR) is 68.6 cm³/mol. The number of hydrogen-bond acceptors (Lipinski definition) is 2. The average Bonchev–Trinajstić information content (AvgIpc) is 2.10. The Kier molecular flexibility index (Phi) is 6.24. The van der Waals surface area contributed by atoms with Gasteiger partial charge in [-0.3, -0.25) is 4.79 Å². The van der Waals surface area contributed by atoms with E-state index < -0.39 is 0 Å². The third-order valence-electron chi connectivity index (χ3n) is 2.80. The van der Waals surface area contributed by atoms with E-state index in [9.17, 15) is 4.79 Å². The highest BCUT2D eigenvalue weighted by Crippen LogP contribution is 2.21. The summed E-state index contributed by atoms with van der Waals surface area (Å²) < 4.78 is 5.62. The van der Waals surface area contributed by atoms with E-state index in [1.54, 1.807) is 0 Å². The van der Waals surface area contributed by atoms with E-state index in [2.05, 4.69) is 13.8 Å². The number of carbonyl (C=O) groups excluding carboxylic acids is 1. The van der Waals surface area contributed by atoms with E-state index >= 15 is 0 Å². The molecule has 0 aromatic heterocycles. The molecule has 0 N–H and O–H groups in total. The molecule has 0 fully saturated rings. The molecule has 0 atom stereocenters. The molecule has 0 aliphatic carbocycles. The Labute approximate surface area is 101 Å². The topological polar surface area (TPSA) is 26.3 Å². The van der Waals surface area contributed by atoms with Crippen LogP contribution in [-0.2, 0) is 9.53 Å². The fourth-order valence-corrected chi connectivity index (χ4v) is 1.67. The van der Waals surface area contributed by atoms with Crippen molar-refractivity contribution in [2.75, 3.05) is 6.61 Å². The van der Waals surface area contributed by atoms with E-state index in [1.165, 1.54) is 0 Å². The number of ketones is 1. The van der Waals surface area contributed by atoms with Gasteiger partial charge in [0.25, 0.3) is 0 Å². The van der Waals surface area contributed by atoms with Crippen LogP contribution < -0.4 is 0 Å². The van der Waals surface area contributed by atoms with E-state index in [1.807, 2.05) is 27.7 Å². The van der Waals surface area contributed by atoms with Gasteiger partial charge >= 0.3 is 0 Å². The van der Waals surface area contributed by atoms with Crippen LogP contribution in [-0.4, -0.2) is 18.0 Å². The zero-order valence-electron chi connectivity index (χ0n) is 11.9. The molecule has 0 rings (SSSR count). The molecule has 0 saturated heterocycles. The van der Waals surface area contributed by atoms with Crippen LogP contribution >= 0.6 is 0 Å². The van der Waals surface area contributed by atoms with Crippen LogP contribution in [0.4, 0.5) is 0 Å². The number of Topliss-reactive ketones (excluding diaryl/α,β-unsaturated/α-hetero) is 1. The molecule has 0 radical (unpaired) electrons. The van der Waals surface area contributed by atoms with Gasteiger partial charge in [0.15, 0.2) is 0 Å². The molecule has 0 aromatic rings. The number of carbonyl (C=O) groups is 1. The molecule has 0 heterocycles. The molecule has 16 heavy (non-hydrogen) atoms. The van der Waals surface area contributed by atoms with Crippen LogP contribution in [0.25, 0.3) is 0 Å². The van der Waals surface area contributed by atoms with Crippen molar-refractivity contribution in [1.82, 2.24) is 0 Å². The highest BCUT2D eigenvalue weighted by Gasteiger charge is 2.21. The molecule has 2 heteroatoms. The first-order valence-corrected chi connectivity index (χ1v) is 6.36. The quantitative estimate of drug-likeness (QED) is 0.616. The molecule has 0 unspecified atom stereocenters. The van der Waals surface area contributed by atoms with Gasteiger partial charge < -0.3 is 4.74 Å². The maximum atomic E-state index is 11.7. The van der Waals surface area contributed by atoms with Gasteiger partial charge in [0, 0.05) is 18.4 Å². The van der Waals surface area contributed by atoms with E-state index in [0.717, 1.165) is 25.9 Å². The highest BCUT2D eigenvalue weighted by molar-refractivity contribution is 5.83. The Hall–Kier alpha value is -0.370. The Bertz CT molecular complexity index is 211. The highest BCUT2D eigenvalue weighted by atomic mass is 16.5. The monoisotopic (exact) mass is 228 g/mol. The van der Waals surface area contributed by atoms with Gasteiger partial charge in [-0.15, -0.1) is 0 Å². The molecular formula is C14H28O2. The first-order chi connectivity index (χ1) is 7.19. The molecule has 0 amide bonds. The van der Waals surface area contributed by atoms with E-state index in [-0.39, 0.29) is 11.0 Å². The van der Waals surface area contributed by atoms with Crippen LogP contribution in [0, 0.1) is 5.41 Å². The second kappa shape index (κ2) is 6.39. The molecule has 0 spiro atoms. The summed E-state index contributed by atoms with van der Waals surface area (Å²) in [6.45, 7) is 13.0. The normalized spacial score (nSPS) is 12.9. The Morgan fingerprint density at radius 2 is 1.62 bits per heavy atom. The van der Waals surface area contributed by atoms with Crippen molar-refractivity contribution in [1.29, 1.82) is 0 Å². The zero-order chi connectivity index (χ0) is 12.8. The predicted octanol–water partition coefficient (Wildman–Crippen LogP) is 3.98. The summed E-state index contributed by atoms with van der Waals surface area (Å²) in [4.78, 5) is 11.7. The Balaban J connectivity index is 3.73. The van der Waals surface area contributed by atoms with Crippen molar-refractivity contribution in [3.8, 4) is 0 Å². The number of rotatable bonds is 7. The van der Waals surface area contributed by atoms with Gasteiger partial charge in [-0.05, 0) is 33.6 Å². The zero-order valence-corrected chi connectivity index (χ0v) is 11.9. The van der Waals surface area contributed by atoms with Gasteiger partial charge in [0.05, 0.1) is 5.60 Å².